The van der Waals surface area contributed by atoms with Gasteiger partial charge in [0.25, 0.3) is 17.4 Å². The van der Waals surface area contributed by atoms with Crippen molar-refractivity contribution in [1.82, 2.24) is 14.8 Å². The number of halogens is 4. The summed E-state index contributed by atoms with van der Waals surface area (Å²) >= 11 is 6.26. The number of carbonyl (C=O) groups excluding carboxylic acids is 2. The minimum atomic E-state index is -5.23. The van der Waals surface area contributed by atoms with Crippen LogP contribution in [0.2, 0.25) is 5.15 Å². The van der Waals surface area contributed by atoms with Crippen molar-refractivity contribution in [2.45, 2.75) is 38.0 Å². The van der Waals surface area contributed by atoms with Crippen LogP contribution in [0.15, 0.2) is 36.4 Å². The van der Waals surface area contributed by atoms with Crippen LogP contribution in [0.4, 0.5) is 19.0 Å². The highest BCUT2D eigenvalue weighted by Crippen LogP contribution is 2.41. The molecule has 8 nitrogen and oxygen atoms in total. The lowest BCUT2D eigenvalue weighted by atomic mass is 9.87. The molecule has 0 bridgehead atoms. The number of pyridine rings is 1. The third-order valence-electron chi connectivity index (χ3n) is 7.28. The smallest absolute Gasteiger partial charge is 0.430 e. The van der Waals surface area contributed by atoms with Gasteiger partial charge in [-0.2, -0.15) is 13.2 Å². The van der Waals surface area contributed by atoms with Crippen molar-refractivity contribution in [2.24, 2.45) is 11.8 Å². The first kappa shape index (κ1) is 31.5. The molecule has 40 heavy (non-hydrogen) atoms. The van der Waals surface area contributed by atoms with Gasteiger partial charge < -0.3 is 24.5 Å². The number of carbonyl (C=O) groups is 2. The molecule has 2 aromatic rings. The molecule has 2 heterocycles. The van der Waals surface area contributed by atoms with Crippen LogP contribution in [-0.4, -0.2) is 85.8 Å². The Bertz CT molecular complexity index is 1200. The topological polar surface area (TPSA) is 86.2 Å². The van der Waals surface area contributed by atoms with Crippen LogP contribution in [0.25, 0.3) is 0 Å². The minimum Gasteiger partial charge on any atom is -0.497 e. The molecule has 2 amide bonds. The summed E-state index contributed by atoms with van der Waals surface area (Å²) in [6.45, 7) is 3.36. The van der Waals surface area contributed by atoms with Crippen molar-refractivity contribution in [1.29, 1.82) is 0 Å². The van der Waals surface area contributed by atoms with Gasteiger partial charge in [0, 0.05) is 46.3 Å². The number of anilines is 1. The quantitative estimate of drug-likeness (QED) is 0.434. The Balaban J connectivity index is 1.60. The average Bonchev–Trinajstić information content (AvgIpc) is 2.91. The zero-order chi connectivity index (χ0) is 29.8. The molecule has 1 aromatic heterocycles. The second-order valence-corrected chi connectivity index (χ2v) is 11.0. The molecular formula is C28H36ClF3N4O4. The van der Waals surface area contributed by atoms with E-state index in [0.29, 0.717) is 36.8 Å². The zero-order valence-electron chi connectivity index (χ0n) is 23.3. The Morgan fingerprint density at radius 2 is 1.82 bits per heavy atom. The molecule has 1 aliphatic heterocycles. The van der Waals surface area contributed by atoms with Crippen molar-refractivity contribution in [3.63, 3.8) is 0 Å². The van der Waals surface area contributed by atoms with Gasteiger partial charge in [0.2, 0.25) is 0 Å². The summed E-state index contributed by atoms with van der Waals surface area (Å²) in [5.41, 5.74) is -3.95. The third-order valence-corrected chi connectivity index (χ3v) is 7.57. The number of ether oxygens (including phenoxy) is 1. The van der Waals surface area contributed by atoms with E-state index in [-0.39, 0.29) is 29.3 Å². The molecule has 1 aliphatic rings. The van der Waals surface area contributed by atoms with Crippen molar-refractivity contribution < 1.29 is 32.6 Å². The number of hydrogen-bond acceptors (Lipinski definition) is 6. The molecule has 220 valence electrons. The van der Waals surface area contributed by atoms with Crippen molar-refractivity contribution >= 4 is 29.2 Å². The van der Waals surface area contributed by atoms with Gasteiger partial charge in [-0.05, 0) is 55.4 Å². The zero-order valence-corrected chi connectivity index (χ0v) is 24.1. The van der Waals surface area contributed by atoms with E-state index in [2.05, 4.69) is 9.88 Å². The van der Waals surface area contributed by atoms with Gasteiger partial charge in [-0.1, -0.05) is 30.7 Å². The molecule has 1 saturated heterocycles. The van der Waals surface area contributed by atoms with E-state index in [9.17, 15) is 27.9 Å². The highest BCUT2D eigenvalue weighted by Gasteiger charge is 2.61. The van der Waals surface area contributed by atoms with Gasteiger partial charge >= 0.3 is 6.18 Å². The number of methoxy groups -OCH3 is 1. The van der Waals surface area contributed by atoms with Crippen LogP contribution in [-0.2, 0) is 10.4 Å². The normalized spacial score (nSPS) is 16.7. The molecule has 1 unspecified atom stereocenters. The largest absolute Gasteiger partial charge is 0.497 e. The maximum absolute atomic E-state index is 14.1. The van der Waals surface area contributed by atoms with E-state index in [1.807, 2.05) is 6.92 Å². The predicted molar refractivity (Wildman–Crippen MR) is 147 cm³/mol. The Morgan fingerprint density at radius 1 is 1.18 bits per heavy atom. The lowest BCUT2D eigenvalue weighted by Gasteiger charge is -2.36. The molecule has 12 heteroatoms. The first-order valence-corrected chi connectivity index (χ1v) is 13.4. The standard InChI is InChI=1S/C28H36ClF3N4O4/c1-18(17-35(4)26(38)27(39,28(30,31)32)20-7-6-8-21(16-20)40-5)15-19-11-13-36(14-12-19)23-10-9-22(24(29)33-23)25(37)34(2)3/h6-10,16,18-19,39H,11-15,17H2,1-5H3/t18?,27-/m1/s1. The van der Waals surface area contributed by atoms with E-state index in [0.717, 1.165) is 29.9 Å². The summed E-state index contributed by atoms with van der Waals surface area (Å²) in [5.74, 6) is -0.671. The van der Waals surface area contributed by atoms with E-state index < -0.39 is 23.2 Å². The van der Waals surface area contributed by atoms with Crippen LogP contribution < -0.4 is 9.64 Å². The first-order chi connectivity index (χ1) is 18.7. The number of likely N-dealkylation sites (N-methyl/N-ethyl adjacent to an activating group) is 1. The Kier molecular flexibility index (Phi) is 9.94. The number of benzene rings is 1. The Morgan fingerprint density at radius 3 is 2.38 bits per heavy atom. The van der Waals surface area contributed by atoms with E-state index >= 15 is 0 Å². The van der Waals surface area contributed by atoms with Gasteiger partial charge in [-0.3, -0.25) is 9.59 Å². The molecule has 1 aromatic carbocycles. The lowest BCUT2D eigenvalue weighted by molar-refractivity contribution is -0.261. The summed E-state index contributed by atoms with van der Waals surface area (Å²) in [4.78, 5) is 34.1. The lowest BCUT2D eigenvalue weighted by Crippen LogP contribution is -2.55. The molecule has 1 fully saturated rings. The molecule has 2 atom stereocenters. The first-order valence-electron chi connectivity index (χ1n) is 13.0. The number of amides is 2. The summed E-state index contributed by atoms with van der Waals surface area (Å²) in [6.07, 6.45) is -2.86. The molecular weight excluding hydrogens is 549 g/mol. The number of alkyl halides is 3. The van der Waals surface area contributed by atoms with Crippen molar-refractivity contribution in [3.8, 4) is 5.75 Å². The molecule has 0 spiro atoms. The maximum atomic E-state index is 14.1. The number of aromatic nitrogens is 1. The molecule has 0 radical (unpaired) electrons. The van der Waals surface area contributed by atoms with Crippen LogP contribution in [0.1, 0.15) is 42.1 Å². The van der Waals surface area contributed by atoms with Gasteiger partial charge in [-0.25, -0.2) is 4.98 Å². The number of aliphatic hydroxyl groups is 1. The van der Waals surface area contributed by atoms with E-state index in [1.54, 1.807) is 26.2 Å². The fourth-order valence-corrected chi connectivity index (χ4v) is 5.36. The van der Waals surface area contributed by atoms with E-state index in [4.69, 9.17) is 16.3 Å². The van der Waals surface area contributed by atoms with Gasteiger partial charge in [0.05, 0.1) is 12.7 Å². The van der Waals surface area contributed by atoms with Crippen LogP contribution in [0.3, 0.4) is 0 Å². The second-order valence-electron chi connectivity index (χ2n) is 10.6. The van der Waals surface area contributed by atoms with Crippen molar-refractivity contribution in [3.05, 3.63) is 52.7 Å². The number of hydrogen-bond donors (Lipinski definition) is 1. The average molecular weight is 585 g/mol. The predicted octanol–water partition coefficient (Wildman–Crippen LogP) is 4.60. The van der Waals surface area contributed by atoms with E-state index in [1.165, 1.54) is 31.2 Å². The van der Waals surface area contributed by atoms with Crippen LogP contribution >= 0.6 is 11.6 Å². The fourth-order valence-electron chi connectivity index (χ4n) is 5.13. The summed E-state index contributed by atoms with van der Waals surface area (Å²) < 4.78 is 47.2. The van der Waals surface area contributed by atoms with Gasteiger partial charge in [-0.15, -0.1) is 0 Å². The summed E-state index contributed by atoms with van der Waals surface area (Å²) in [6, 6.07) is 8.26. The summed E-state index contributed by atoms with van der Waals surface area (Å²) in [7, 11) is 5.85. The summed E-state index contributed by atoms with van der Waals surface area (Å²) in [5, 5.41) is 10.9. The number of nitrogens with zero attached hydrogens (tertiary/aromatic N) is 4. The van der Waals surface area contributed by atoms with Gasteiger partial charge in [0.15, 0.2) is 0 Å². The molecule has 3 rings (SSSR count). The monoisotopic (exact) mass is 584 g/mol. The highest BCUT2D eigenvalue weighted by atomic mass is 35.5. The highest BCUT2D eigenvalue weighted by molar-refractivity contribution is 6.32. The Hall–Kier alpha value is -3.05. The minimum absolute atomic E-state index is 0.0555. The molecule has 1 N–H and O–H groups in total. The Labute approximate surface area is 237 Å². The molecule has 0 saturated carbocycles. The second kappa shape index (κ2) is 12.6. The third kappa shape index (κ3) is 6.80. The number of rotatable bonds is 9. The van der Waals surface area contributed by atoms with Crippen LogP contribution in [0.5, 0.6) is 5.75 Å². The van der Waals surface area contributed by atoms with Crippen LogP contribution in [0, 0.1) is 11.8 Å². The van der Waals surface area contributed by atoms with Gasteiger partial charge in [0.1, 0.15) is 16.7 Å². The maximum Gasteiger partial charge on any atom is 0.430 e. The molecule has 0 aliphatic carbocycles. The SMILES string of the molecule is COc1cccc([C@@](O)(C(=O)N(C)CC(C)CC2CCN(c3ccc(C(=O)N(C)C)c(Cl)n3)CC2)C(F)(F)F)c1. The van der Waals surface area contributed by atoms with Crippen molar-refractivity contribution in [2.75, 3.05) is 52.8 Å². The fraction of sp³-hybridized carbons (Fsp3) is 0.536. The number of piperidine rings is 1.